The fraction of sp³-hybridized carbons (Fsp3) is 0.286. The predicted molar refractivity (Wildman–Crippen MR) is 71.8 cm³/mol. The number of esters is 1. The molecule has 0 N–H and O–H groups in total. The van der Waals surface area contributed by atoms with Gasteiger partial charge in [0.05, 0.1) is 12.6 Å². The fourth-order valence-corrected chi connectivity index (χ4v) is 2.13. The van der Waals surface area contributed by atoms with Crippen LogP contribution < -0.4 is 0 Å². The van der Waals surface area contributed by atoms with Gasteiger partial charge in [-0.05, 0) is 43.2 Å². The van der Waals surface area contributed by atoms with E-state index in [1.807, 2.05) is 31.2 Å². The van der Waals surface area contributed by atoms with Gasteiger partial charge in [0.2, 0.25) is 0 Å². The zero-order valence-corrected chi connectivity index (χ0v) is 11.1. The van der Waals surface area contributed by atoms with Crippen LogP contribution in [0.2, 0.25) is 5.02 Å². The molecule has 1 heterocycles. The lowest BCUT2D eigenvalue weighted by Crippen LogP contribution is -2.03. The molecule has 4 heteroatoms. The van der Waals surface area contributed by atoms with E-state index in [-0.39, 0.29) is 5.97 Å². The molecular weight excluding hydrogens is 250 g/mol. The van der Waals surface area contributed by atoms with Crippen molar-refractivity contribution < 1.29 is 9.53 Å². The third-order valence-electron chi connectivity index (χ3n) is 2.81. The summed E-state index contributed by atoms with van der Waals surface area (Å²) in [5, 5.41) is 1.67. The van der Waals surface area contributed by atoms with Gasteiger partial charge < -0.3 is 4.74 Å². The van der Waals surface area contributed by atoms with E-state index in [1.165, 1.54) is 7.11 Å². The summed E-state index contributed by atoms with van der Waals surface area (Å²) in [5.74, 6) is -0.209. The van der Waals surface area contributed by atoms with E-state index in [1.54, 1.807) is 0 Å². The van der Waals surface area contributed by atoms with Crippen LogP contribution in [-0.2, 0) is 16.0 Å². The van der Waals surface area contributed by atoms with Crippen LogP contribution in [0.15, 0.2) is 24.3 Å². The molecule has 0 bridgehead atoms. The Balaban J connectivity index is 2.41. The Morgan fingerprint density at radius 1 is 1.39 bits per heavy atom. The summed E-state index contributed by atoms with van der Waals surface area (Å²) in [6.45, 7) is 1.94. The first kappa shape index (κ1) is 12.8. The van der Waals surface area contributed by atoms with Crippen molar-refractivity contribution in [3.63, 3.8) is 0 Å². The van der Waals surface area contributed by atoms with E-state index < -0.39 is 0 Å². The normalized spacial score (nSPS) is 10.6. The van der Waals surface area contributed by atoms with Crippen molar-refractivity contribution in [3.8, 4) is 0 Å². The summed E-state index contributed by atoms with van der Waals surface area (Å²) in [6, 6.07) is 7.59. The van der Waals surface area contributed by atoms with Crippen molar-refractivity contribution in [1.29, 1.82) is 0 Å². The molecule has 0 aliphatic carbocycles. The number of nitrogens with zero attached hydrogens (tertiary/aromatic N) is 1. The highest BCUT2D eigenvalue weighted by Crippen LogP contribution is 2.23. The van der Waals surface area contributed by atoms with E-state index in [0.29, 0.717) is 17.9 Å². The number of carbonyl (C=O) groups is 1. The van der Waals surface area contributed by atoms with Crippen LogP contribution in [0.25, 0.3) is 10.9 Å². The highest BCUT2D eigenvalue weighted by Gasteiger charge is 2.07. The first-order chi connectivity index (χ1) is 8.60. The molecule has 3 nitrogen and oxygen atoms in total. The summed E-state index contributed by atoms with van der Waals surface area (Å²) in [5.41, 5.74) is 2.91. The smallest absolute Gasteiger partial charge is 0.305 e. The van der Waals surface area contributed by atoms with Crippen molar-refractivity contribution in [3.05, 3.63) is 40.5 Å². The Hall–Kier alpha value is -1.61. The van der Waals surface area contributed by atoms with Crippen LogP contribution >= 0.6 is 11.6 Å². The van der Waals surface area contributed by atoms with Crippen LogP contribution in [0.4, 0.5) is 0 Å². The summed E-state index contributed by atoms with van der Waals surface area (Å²) >= 11 is 6.00. The molecule has 1 aromatic carbocycles. The molecule has 0 saturated carbocycles. The molecule has 0 saturated heterocycles. The highest BCUT2D eigenvalue weighted by molar-refractivity contribution is 6.31. The molecule has 0 spiro atoms. The van der Waals surface area contributed by atoms with Crippen LogP contribution in [0.1, 0.15) is 17.7 Å². The van der Waals surface area contributed by atoms with Gasteiger partial charge in [0.15, 0.2) is 0 Å². The molecule has 0 aliphatic heterocycles. The number of hydrogen-bond acceptors (Lipinski definition) is 3. The fourth-order valence-electron chi connectivity index (χ4n) is 1.96. The number of hydrogen-bond donors (Lipinski definition) is 0. The molecular formula is C14H14ClNO2. The second kappa shape index (κ2) is 5.36. The minimum absolute atomic E-state index is 0.209. The van der Waals surface area contributed by atoms with Gasteiger partial charge in [-0.3, -0.25) is 9.78 Å². The van der Waals surface area contributed by atoms with Crippen LogP contribution in [0.5, 0.6) is 0 Å². The van der Waals surface area contributed by atoms with Gasteiger partial charge in [-0.2, -0.15) is 0 Å². The number of aryl methyl sites for hydroxylation is 2. The Morgan fingerprint density at radius 2 is 2.17 bits per heavy atom. The predicted octanol–water partition coefficient (Wildman–Crippen LogP) is 3.30. The van der Waals surface area contributed by atoms with Crippen molar-refractivity contribution in [2.75, 3.05) is 7.11 Å². The first-order valence-electron chi connectivity index (χ1n) is 5.73. The average Bonchev–Trinajstić information content (AvgIpc) is 2.36. The van der Waals surface area contributed by atoms with E-state index in [4.69, 9.17) is 11.6 Å². The molecule has 2 rings (SSSR count). The number of halogens is 1. The SMILES string of the molecule is COC(=O)CCc1cc(C)nc2ccc(Cl)cc12. The molecule has 2 aromatic rings. The number of methoxy groups -OCH3 is 1. The Labute approximate surface area is 111 Å². The Bertz CT molecular complexity index is 596. The monoisotopic (exact) mass is 263 g/mol. The maximum atomic E-state index is 11.2. The van der Waals surface area contributed by atoms with Gasteiger partial charge in [-0.15, -0.1) is 0 Å². The lowest BCUT2D eigenvalue weighted by atomic mass is 10.0. The van der Waals surface area contributed by atoms with Gasteiger partial charge in [-0.1, -0.05) is 11.6 Å². The average molecular weight is 264 g/mol. The molecule has 0 atom stereocenters. The third-order valence-corrected chi connectivity index (χ3v) is 3.05. The Morgan fingerprint density at radius 3 is 2.89 bits per heavy atom. The summed E-state index contributed by atoms with van der Waals surface area (Å²) in [4.78, 5) is 15.7. The zero-order valence-electron chi connectivity index (χ0n) is 10.4. The number of rotatable bonds is 3. The van der Waals surface area contributed by atoms with Crippen molar-refractivity contribution in [1.82, 2.24) is 4.98 Å². The number of ether oxygens (including phenoxy) is 1. The topological polar surface area (TPSA) is 39.2 Å². The van der Waals surface area contributed by atoms with E-state index in [0.717, 1.165) is 22.2 Å². The van der Waals surface area contributed by atoms with E-state index >= 15 is 0 Å². The van der Waals surface area contributed by atoms with Gasteiger partial charge in [0, 0.05) is 22.5 Å². The first-order valence-corrected chi connectivity index (χ1v) is 6.10. The number of aromatic nitrogens is 1. The van der Waals surface area contributed by atoms with Gasteiger partial charge in [-0.25, -0.2) is 0 Å². The molecule has 94 valence electrons. The molecule has 0 fully saturated rings. The second-order valence-electron chi connectivity index (χ2n) is 4.16. The largest absolute Gasteiger partial charge is 0.469 e. The van der Waals surface area contributed by atoms with Gasteiger partial charge in [0.1, 0.15) is 0 Å². The maximum Gasteiger partial charge on any atom is 0.305 e. The van der Waals surface area contributed by atoms with Crippen molar-refractivity contribution in [2.24, 2.45) is 0 Å². The molecule has 18 heavy (non-hydrogen) atoms. The van der Waals surface area contributed by atoms with E-state index in [9.17, 15) is 4.79 Å². The highest BCUT2D eigenvalue weighted by atomic mass is 35.5. The molecule has 0 radical (unpaired) electrons. The summed E-state index contributed by atoms with van der Waals surface area (Å²) < 4.78 is 4.66. The van der Waals surface area contributed by atoms with Crippen LogP contribution in [-0.4, -0.2) is 18.1 Å². The molecule has 1 aromatic heterocycles. The van der Waals surface area contributed by atoms with Gasteiger partial charge in [0.25, 0.3) is 0 Å². The number of benzene rings is 1. The van der Waals surface area contributed by atoms with Crippen molar-refractivity contribution in [2.45, 2.75) is 19.8 Å². The quantitative estimate of drug-likeness (QED) is 0.798. The zero-order chi connectivity index (χ0) is 13.1. The van der Waals surface area contributed by atoms with Crippen molar-refractivity contribution >= 4 is 28.5 Å². The van der Waals surface area contributed by atoms with E-state index in [2.05, 4.69) is 9.72 Å². The molecule has 0 unspecified atom stereocenters. The lowest BCUT2D eigenvalue weighted by Gasteiger charge is -2.07. The second-order valence-corrected chi connectivity index (χ2v) is 4.60. The van der Waals surface area contributed by atoms with Gasteiger partial charge >= 0.3 is 5.97 Å². The molecule has 0 amide bonds. The lowest BCUT2D eigenvalue weighted by molar-refractivity contribution is -0.140. The maximum absolute atomic E-state index is 11.2. The standard InChI is InChI=1S/C14H14ClNO2/c1-9-7-10(3-6-14(17)18-2)12-8-11(15)4-5-13(12)16-9/h4-5,7-8H,3,6H2,1-2H3. The summed E-state index contributed by atoms with van der Waals surface area (Å²) in [6.07, 6.45) is 0.994. The number of fused-ring (bicyclic) bond motifs is 1. The minimum Gasteiger partial charge on any atom is -0.469 e. The van der Waals surface area contributed by atoms with Crippen LogP contribution in [0.3, 0.4) is 0 Å². The molecule has 0 aliphatic rings. The minimum atomic E-state index is -0.209. The third kappa shape index (κ3) is 2.79. The van der Waals surface area contributed by atoms with Crippen LogP contribution in [0, 0.1) is 6.92 Å². The Kier molecular flexibility index (Phi) is 3.82. The number of pyridine rings is 1. The summed E-state index contributed by atoms with van der Waals surface area (Å²) in [7, 11) is 1.40. The number of carbonyl (C=O) groups excluding carboxylic acids is 1.